The van der Waals surface area contributed by atoms with Gasteiger partial charge in [-0.25, -0.2) is 4.99 Å². The molecule has 0 bridgehead atoms. The quantitative estimate of drug-likeness (QED) is 0.803. The van der Waals surface area contributed by atoms with Crippen molar-refractivity contribution >= 4 is 23.3 Å². The lowest BCUT2D eigenvalue weighted by Crippen LogP contribution is -2.53. The second-order valence-corrected chi connectivity index (χ2v) is 7.70. The third-order valence-corrected chi connectivity index (χ3v) is 5.88. The first-order chi connectivity index (χ1) is 14.6. The van der Waals surface area contributed by atoms with E-state index in [1.54, 1.807) is 7.05 Å². The first-order valence-electron chi connectivity index (χ1n) is 10.1. The number of amides is 2. The summed E-state index contributed by atoms with van der Waals surface area (Å²) in [5, 5.41) is 4.77. The standard InChI is InChI=1S/C22H23N5O3/c1-26-17-9-5-6-10-18(17)30-13-16(22(26)29)23-21(28)19-24-20-15(11-12-27(20)25-19)14-7-3-2-4-8-14/h2-10,15-16,20H,11-13H2,1H3,(H,23,28)(H,24,25)/t15-,16+,20?/m1/s1. The molecule has 3 heterocycles. The van der Waals surface area contributed by atoms with Crippen molar-refractivity contribution in [3.05, 3.63) is 60.2 Å². The van der Waals surface area contributed by atoms with Crippen LogP contribution in [0.15, 0.2) is 59.6 Å². The normalized spacial score (nSPS) is 25.5. The van der Waals surface area contributed by atoms with Gasteiger partial charge in [0, 0.05) is 19.5 Å². The minimum Gasteiger partial charge on any atom is -0.489 e. The zero-order valence-corrected chi connectivity index (χ0v) is 16.6. The molecule has 1 saturated heterocycles. The van der Waals surface area contributed by atoms with Crippen molar-refractivity contribution in [2.45, 2.75) is 24.5 Å². The molecule has 154 valence electrons. The SMILES string of the molecule is CN1C(=O)[C@@H](NC(=O)C2=NC3[C@@H](c4ccccc4)CCN3N2)COc2ccccc21. The van der Waals surface area contributed by atoms with E-state index in [1.165, 1.54) is 10.5 Å². The number of amidine groups is 1. The van der Waals surface area contributed by atoms with Gasteiger partial charge in [-0.3, -0.25) is 15.0 Å². The lowest BCUT2D eigenvalue weighted by Gasteiger charge is -2.20. The summed E-state index contributed by atoms with van der Waals surface area (Å²) in [5.74, 6) is 0.449. The van der Waals surface area contributed by atoms with Crippen molar-refractivity contribution in [3.63, 3.8) is 0 Å². The number of carbonyl (C=O) groups excluding carboxylic acids is 2. The van der Waals surface area contributed by atoms with Gasteiger partial charge in [0.1, 0.15) is 24.6 Å². The van der Waals surface area contributed by atoms with Gasteiger partial charge >= 0.3 is 0 Å². The van der Waals surface area contributed by atoms with Gasteiger partial charge in [0.05, 0.1) is 5.69 Å². The molecule has 0 saturated carbocycles. The van der Waals surface area contributed by atoms with E-state index in [9.17, 15) is 9.59 Å². The zero-order valence-electron chi connectivity index (χ0n) is 16.6. The number of rotatable bonds is 3. The summed E-state index contributed by atoms with van der Waals surface area (Å²) in [4.78, 5) is 31.9. The smallest absolute Gasteiger partial charge is 0.288 e. The van der Waals surface area contributed by atoms with E-state index in [4.69, 9.17) is 4.74 Å². The molecule has 3 atom stereocenters. The Kier molecular flexibility index (Phi) is 4.63. The topological polar surface area (TPSA) is 86.3 Å². The van der Waals surface area contributed by atoms with Crippen molar-refractivity contribution in [1.82, 2.24) is 15.8 Å². The monoisotopic (exact) mass is 405 g/mol. The number of likely N-dealkylation sites (N-methyl/N-ethyl adjacent to an activating group) is 1. The molecule has 0 aliphatic carbocycles. The van der Waals surface area contributed by atoms with Crippen LogP contribution < -0.4 is 20.4 Å². The minimum absolute atomic E-state index is 0.0684. The van der Waals surface area contributed by atoms with Gasteiger partial charge in [0.2, 0.25) is 5.84 Å². The number of hydrazine groups is 1. The molecule has 0 spiro atoms. The Morgan fingerprint density at radius 2 is 1.93 bits per heavy atom. The lowest BCUT2D eigenvalue weighted by atomic mass is 9.96. The largest absolute Gasteiger partial charge is 0.489 e. The zero-order chi connectivity index (χ0) is 20.7. The van der Waals surface area contributed by atoms with E-state index >= 15 is 0 Å². The van der Waals surface area contributed by atoms with Crippen molar-refractivity contribution in [3.8, 4) is 5.75 Å². The van der Waals surface area contributed by atoms with Crippen LogP contribution in [-0.2, 0) is 9.59 Å². The number of para-hydroxylation sites is 2. The molecular formula is C22H23N5O3. The molecule has 0 aromatic heterocycles. The van der Waals surface area contributed by atoms with Crippen LogP contribution in [0, 0.1) is 0 Å². The summed E-state index contributed by atoms with van der Waals surface area (Å²) in [6, 6.07) is 16.7. The molecule has 3 aliphatic rings. The Morgan fingerprint density at radius 1 is 1.17 bits per heavy atom. The summed E-state index contributed by atoms with van der Waals surface area (Å²) in [7, 11) is 1.68. The van der Waals surface area contributed by atoms with Gasteiger partial charge in [-0.1, -0.05) is 42.5 Å². The summed E-state index contributed by atoms with van der Waals surface area (Å²) in [5.41, 5.74) is 5.00. The highest BCUT2D eigenvalue weighted by Gasteiger charge is 2.41. The Bertz CT molecular complexity index is 1010. The minimum atomic E-state index is -0.792. The predicted molar refractivity (Wildman–Crippen MR) is 112 cm³/mol. The van der Waals surface area contributed by atoms with E-state index in [0.717, 1.165) is 13.0 Å². The van der Waals surface area contributed by atoms with Crippen LogP contribution in [0.25, 0.3) is 0 Å². The second-order valence-electron chi connectivity index (χ2n) is 7.70. The van der Waals surface area contributed by atoms with E-state index in [2.05, 4.69) is 27.9 Å². The number of benzene rings is 2. The van der Waals surface area contributed by atoms with E-state index in [-0.39, 0.29) is 30.4 Å². The molecule has 3 aliphatic heterocycles. The maximum Gasteiger partial charge on any atom is 0.288 e. The van der Waals surface area contributed by atoms with Gasteiger partial charge in [-0.15, -0.1) is 0 Å². The molecule has 2 amide bonds. The average Bonchev–Trinajstić information content (AvgIpc) is 3.34. The second kappa shape index (κ2) is 7.46. The molecule has 30 heavy (non-hydrogen) atoms. The molecule has 8 nitrogen and oxygen atoms in total. The molecule has 2 N–H and O–H groups in total. The van der Waals surface area contributed by atoms with Gasteiger partial charge in [-0.05, 0) is 24.1 Å². The molecule has 1 unspecified atom stereocenters. The lowest BCUT2D eigenvalue weighted by molar-refractivity contribution is -0.125. The molecule has 2 aromatic carbocycles. The molecule has 1 fully saturated rings. The number of aliphatic imine (C=N–C) groups is 1. The van der Waals surface area contributed by atoms with Crippen LogP contribution in [0.1, 0.15) is 17.9 Å². The third kappa shape index (κ3) is 3.19. The molecular weight excluding hydrogens is 382 g/mol. The van der Waals surface area contributed by atoms with Crippen LogP contribution >= 0.6 is 0 Å². The Balaban J connectivity index is 1.30. The van der Waals surface area contributed by atoms with Crippen molar-refractivity contribution in [1.29, 1.82) is 0 Å². The Labute approximate surface area is 174 Å². The number of fused-ring (bicyclic) bond motifs is 2. The number of hydrogen-bond donors (Lipinski definition) is 2. The fourth-order valence-electron chi connectivity index (χ4n) is 4.29. The Hall–Kier alpha value is -3.39. The highest BCUT2D eigenvalue weighted by Crippen LogP contribution is 2.35. The summed E-state index contributed by atoms with van der Waals surface area (Å²) in [6.45, 7) is 0.868. The predicted octanol–water partition coefficient (Wildman–Crippen LogP) is 1.26. The maximum absolute atomic E-state index is 12.9. The van der Waals surface area contributed by atoms with Crippen LogP contribution in [0.5, 0.6) is 5.75 Å². The number of anilines is 1. The van der Waals surface area contributed by atoms with E-state index < -0.39 is 11.9 Å². The van der Waals surface area contributed by atoms with Crippen LogP contribution in [0.2, 0.25) is 0 Å². The van der Waals surface area contributed by atoms with Crippen molar-refractivity contribution in [2.24, 2.45) is 4.99 Å². The van der Waals surface area contributed by atoms with E-state index in [0.29, 0.717) is 11.4 Å². The third-order valence-electron chi connectivity index (χ3n) is 5.88. The number of hydrogen-bond acceptors (Lipinski definition) is 6. The number of nitrogens with one attached hydrogen (secondary N) is 2. The number of carbonyl (C=O) groups is 2. The molecule has 8 heteroatoms. The van der Waals surface area contributed by atoms with Gasteiger partial charge in [0.25, 0.3) is 11.8 Å². The maximum atomic E-state index is 12.9. The molecule has 0 radical (unpaired) electrons. The van der Waals surface area contributed by atoms with Gasteiger partial charge < -0.3 is 15.0 Å². The highest BCUT2D eigenvalue weighted by atomic mass is 16.5. The number of nitrogens with zero attached hydrogens (tertiary/aromatic N) is 3. The molecule has 5 rings (SSSR count). The highest BCUT2D eigenvalue weighted by molar-refractivity contribution is 6.38. The fourth-order valence-corrected chi connectivity index (χ4v) is 4.29. The molecule has 2 aromatic rings. The fraction of sp³-hybridized carbons (Fsp3) is 0.318. The Morgan fingerprint density at radius 3 is 2.77 bits per heavy atom. The van der Waals surface area contributed by atoms with Gasteiger partial charge in [0.15, 0.2) is 0 Å². The van der Waals surface area contributed by atoms with Crippen molar-refractivity contribution < 1.29 is 14.3 Å². The van der Waals surface area contributed by atoms with Crippen molar-refractivity contribution in [2.75, 3.05) is 25.1 Å². The van der Waals surface area contributed by atoms with Gasteiger partial charge in [-0.2, -0.15) is 5.01 Å². The number of ether oxygens (including phenoxy) is 1. The first-order valence-corrected chi connectivity index (χ1v) is 10.1. The summed E-state index contributed by atoms with van der Waals surface area (Å²) >= 11 is 0. The van der Waals surface area contributed by atoms with Crippen LogP contribution in [0.3, 0.4) is 0 Å². The van der Waals surface area contributed by atoms with Crippen LogP contribution in [0.4, 0.5) is 5.69 Å². The van der Waals surface area contributed by atoms with Crippen LogP contribution in [-0.4, -0.2) is 55.1 Å². The summed E-state index contributed by atoms with van der Waals surface area (Å²) in [6.07, 6.45) is 0.846. The average molecular weight is 405 g/mol. The van der Waals surface area contributed by atoms with E-state index in [1.807, 2.05) is 47.5 Å². The summed E-state index contributed by atoms with van der Waals surface area (Å²) < 4.78 is 5.77. The first kappa shape index (κ1) is 18.6.